The second-order valence-electron chi connectivity index (χ2n) is 6.08. The van der Waals surface area contributed by atoms with E-state index in [9.17, 15) is 4.79 Å². The number of hydrogen-bond acceptors (Lipinski definition) is 3. The van der Waals surface area contributed by atoms with Crippen LogP contribution in [0.1, 0.15) is 27.9 Å². The highest BCUT2D eigenvalue weighted by molar-refractivity contribution is 6.32. The van der Waals surface area contributed by atoms with Crippen molar-refractivity contribution >= 4 is 17.5 Å². The largest absolute Gasteiger partial charge is 0.489 e. The predicted octanol–water partition coefficient (Wildman–Crippen LogP) is 3.70. The molecule has 0 N–H and O–H groups in total. The van der Waals surface area contributed by atoms with Gasteiger partial charge in [0.1, 0.15) is 0 Å². The number of carbonyl (C=O) groups excluding carboxylic acids is 1. The van der Waals surface area contributed by atoms with Crippen LogP contribution in [0.4, 0.5) is 0 Å². The third-order valence-corrected chi connectivity index (χ3v) is 4.75. The van der Waals surface area contributed by atoms with Crippen LogP contribution in [0, 0.1) is 0 Å². The lowest BCUT2D eigenvalue weighted by Gasteiger charge is -2.29. The molecule has 0 atom stereocenters. The Hall–Kier alpha value is -2.20. The average Bonchev–Trinajstić information content (AvgIpc) is 2.86. The molecule has 4 nitrogen and oxygen atoms in total. The lowest BCUT2D eigenvalue weighted by atomic mass is 9.99. The summed E-state index contributed by atoms with van der Waals surface area (Å²) < 4.78 is 11.3. The first-order chi connectivity index (χ1) is 11.7. The van der Waals surface area contributed by atoms with E-state index in [0.717, 1.165) is 12.8 Å². The summed E-state index contributed by atoms with van der Waals surface area (Å²) in [6.45, 7) is 2.48. The maximum absolute atomic E-state index is 12.9. The molecule has 0 bridgehead atoms. The van der Waals surface area contributed by atoms with Gasteiger partial charge >= 0.3 is 0 Å². The van der Waals surface area contributed by atoms with E-state index in [0.29, 0.717) is 48.4 Å². The van der Waals surface area contributed by atoms with Crippen LogP contribution in [0.3, 0.4) is 0 Å². The van der Waals surface area contributed by atoms with Gasteiger partial charge in [-0.1, -0.05) is 35.9 Å². The third kappa shape index (κ3) is 2.82. The van der Waals surface area contributed by atoms with Gasteiger partial charge in [0, 0.05) is 25.1 Å². The molecule has 2 heterocycles. The maximum atomic E-state index is 12.9. The fraction of sp³-hybridized carbons (Fsp3) is 0.316. The molecule has 124 valence electrons. The molecule has 2 aliphatic rings. The first-order valence-corrected chi connectivity index (χ1v) is 8.55. The minimum atomic E-state index is -0.0259. The zero-order chi connectivity index (χ0) is 16.5. The van der Waals surface area contributed by atoms with E-state index in [1.807, 2.05) is 17.0 Å². The van der Waals surface area contributed by atoms with Gasteiger partial charge in [-0.3, -0.25) is 4.79 Å². The molecule has 0 aromatic heterocycles. The number of fused-ring (bicyclic) bond motifs is 2. The van der Waals surface area contributed by atoms with Crippen molar-refractivity contribution in [3.63, 3.8) is 0 Å². The summed E-state index contributed by atoms with van der Waals surface area (Å²) in [5.41, 5.74) is 3.07. The molecule has 2 aliphatic heterocycles. The van der Waals surface area contributed by atoms with E-state index in [2.05, 4.69) is 12.1 Å². The smallest absolute Gasteiger partial charge is 0.254 e. The van der Waals surface area contributed by atoms with Gasteiger partial charge in [0.25, 0.3) is 5.91 Å². The molecule has 2 aromatic carbocycles. The standard InChI is InChI=1S/C19H18ClNO3/c20-16-10-15(11-17-18(16)24-9-3-8-23-17)19(22)21-7-6-13-4-1-2-5-14(13)12-21/h1-2,4-5,10-11H,3,6-9,12H2. The van der Waals surface area contributed by atoms with Crippen LogP contribution in [-0.4, -0.2) is 30.6 Å². The van der Waals surface area contributed by atoms with E-state index in [1.54, 1.807) is 12.1 Å². The van der Waals surface area contributed by atoms with Crippen LogP contribution < -0.4 is 9.47 Å². The molecule has 0 aliphatic carbocycles. The zero-order valence-corrected chi connectivity index (χ0v) is 14.0. The number of hydrogen-bond donors (Lipinski definition) is 0. The summed E-state index contributed by atoms with van der Waals surface area (Å²) in [5.74, 6) is 1.07. The Bertz CT molecular complexity index is 790. The van der Waals surface area contributed by atoms with Crippen LogP contribution in [-0.2, 0) is 13.0 Å². The zero-order valence-electron chi connectivity index (χ0n) is 13.3. The number of halogens is 1. The van der Waals surface area contributed by atoms with E-state index in [4.69, 9.17) is 21.1 Å². The van der Waals surface area contributed by atoms with Crippen molar-refractivity contribution in [3.05, 3.63) is 58.1 Å². The maximum Gasteiger partial charge on any atom is 0.254 e. The highest BCUT2D eigenvalue weighted by Gasteiger charge is 2.24. The number of nitrogens with zero attached hydrogens (tertiary/aromatic N) is 1. The van der Waals surface area contributed by atoms with Crippen molar-refractivity contribution < 1.29 is 14.3 Å². The summed E-state index contributed by atoms with van der Waals surface area (Å²) in [6, 6.07) is 11.7. The summed E-state index contributed by atoms with van der Waals surface area (Å²) >= 11 is 6.31. The van der Waals surface area contributed by atoms with Crippen LogP contribution in [0.25, 0.3) is 0 Å². The van der Waals surface area contributed by atoms with Crippen molar-refractivity contribution in [1.29, 1.82) is 0 Å². The van der Waals surface area contributed by atoms with Crippen molar-refractivity contribution in [1.82, 2.24) is 4.90 Å². The van der Waals surface area contributed by atoms with Gasteiger partial charge in [-0.2, -0.15) is 0 Å². The van der Waals surface area contributed by atoms with Crippen molar-refractivity contribution in [2.75, 3.05) is 19.8 Å². The van der Waals surface area contributed by atoms with Crippen LogP contribution in [0.5, 0.6) is 11.5 Å². The van der Waals surface area contributed by atoms with E-state index in [1.165, 1.54) is 11.1 Å². The Labute approximate surface area is 145 Å². The quantitative estimate of drug-likeness (QED) is 0.792. The first kappa shape index (κ1) is 15.3. The molecular formula is C19H18ClNO3. The first-order valence-electron chi connectivity index (χ1n) is 8.17. The van der Waals surface area contributed by atoms with E-state index < -0.39 is 0 Å². The molecule has 0 saturated heterocycles. The Morgan fingerprint density at radius 3 is 2.75 bits per heavy atom. The molecule has 0 radical (unpaired) electrons. The average molecular weight is 344 g/mol. The Morgan fingerprint density at radius 1 is 1.08 bits per heavy atom. The minimum Gasteiger partial charge on any atom is -0.489 e. The summed E-state index contributed by atoms with van der Waals surface area (Å²) in [5, 5.41) is 0.426. The summed E-state index contributed by atoms with van der Waals surface area (Å²) in [6.07, 6.45) is 1.68. The monoisotopic (exact) mass is 343 g/mol. The molecular weight excluding hydrogens is 326 g/mol. The molecule has 1 amide bonds. The van der Waals surface area contributed by atoms with Gasteiger partial charge < -0.3 is 14.4 Å². The van der Waals surface area contributed by atoms with Crippen LogP contribution in [0.2, 0.25) is 5.02 Å². The molecule has 2 aromatic rings. The van der Waals surface area contributed by atoms with Gasteiger partial charge in [0.05, 0.1) is 18.2 Å². The molecule has 0 unspecified atom stereocenters. The fourth-order valence-corrected chi connectivity index (χ4v) is 3.47. The van der Waals surface area contributed by atoms with Gasteiger partial charge in [-0.15, -0.1) is 0 Å². The summed E-state index contributed by atoms with van der Waals surface area (Å²) in [7, 11) is 0. The highest BCUT2D eigenvalue weighted by atomic mass is 35.5. The molecule has 5 heteroatoms. The number of rotatable bonds is 1. The molecule has 24 heavy (non-hydrogen) atoms. The van der Waals surface area contributed by atoms with Crippen molar-refractivity contribution in [3.8, 4) is 11.5 Å². The highest BCUT2D eigenvalue weighted by Crippen LogP contribution is 2.38. The SMILES string of the molecule is O=C(c1cc(Cl)c2c(c1)OCCCO2)N1CCc2ccccc2C1. The van der Waals surface area contributed by atoms with Crippen molar-refractivity contribution in [2.24, 2.45) is 0 Å². The van der Waals surface area contributed by atoms with Crippen LogP contribution in [0.15, 0.2) is 36.4 Å². The van der Waals surface area contributed by atoms with E-state index in [-0.39, 0.29) is 5.91 Å². The number of benzene rings is 2. The number of carbonyl (C=O) groups is 1. The molecule has 0 spiro atoms. The van der Waals surface area contributed by atoms with Crippen molar-refractivity contribution in [2.45, 2.75) is 19.4 Å². The Morgan fingerprint density at radius 2 is 1.88 bits per heavy atom. The fourth-order valence-electron chi connectivity index (χ4n) is 3.21. The normalized spacial score (nSPS) is 16.3. The topological polar surface area (TPSA) is 38.8 Å². The number of ether oxygens (including phenoxy) is 2. The van der Waals surface area contributed by atoms with Crippen LogP contribution >= 0.6 is 11.6 Å². The summed E-state index contributed by atoms with van der Waals surface area (Å²) in [4.78, 5) is 14.8. The van der Waals surface area contributed by atoms with Gasteiger partial charge in [0.15, 0.2) is 11.5 Å². The Kier molecular flexibility index (Phi) is 4.07. The van der Waals surface area contributed by atoms with E-state index >= 15 is 0 Å². The second kappa shape index (κ2) is 6.36. The van der Waals surface area contributed by atoms with Gasteiger partial charge in [0.2, 0.25) is 0 Å². The second-order valence-corrected chi connectivity index (χ2v) is 6.49. The lowest BCUT2D eigenvalue weighted by Crippen LogP contribution is -2.35. The lowest BCUT2D eigenvalue weighted by molar-refractivity contribution is 0.0734. The molecule has 4 rings (SSSR count). The predicted molar refractivity (Wildman–Crippen MR) is 91.9 cm³/mol. The van der Waals surface area contributed by atoms with Gasteiger partial charge in [-0.05, 0) is 29.7 Å². The van der Waals surface area contributed by atoms with Gasteiger partial charge in [-0.25, -0.2) is 0 Å². The minimum absolute atomic E-state index is 0.0259. The Balaban J connectivity index is 1.61. The number of amides is 1. The molecule has 0 saturated carbocycles. The molecule has 0 fully saturated rings. The third-order valence-electron chi connectivity index (χ3n) is 4.47.